The molecule has 0 aromatic heterocycles. The molecule has 0 bridgehead atoms. The average Bonchev–Trinajstić information content (AvgIpc) is 3.10. The first-order chi connectivity index (χ1) is 13.9. The van der Waals surface area contributed by atoms with E-state index in [9.17, 15) is 19.3 Å². The van der Waals surface area contributed by atoms with Gasteiger partial charge in [0.2, 0.25) is 5.91 Å². The van der Waals surface area contributed by atoms with Gasteiger partial charge < -0.3 is 14.2 Å². The van der Waals surface area contributed by atoms with E-state index < -0.39 is 19.2 Å². The van der Waals surface area contributed by atoms with Gasteiger partial charge in [-0.15, -0.1) is 23.2 Å². The molecule has 1 aromatic rings. The summed E-state index contributed by atoms with van der Waals surface area (Å²) >= 11 is 11.4. The van der Waals surface area contributed by atoms with Gasteiger partial charge in [-0.05, 0) is 12.1 Å². The molecular formula is C17H18Cl2N3O6P. The maximum Gasteiger partial charge on any atom is 0.359 e. The number of hydrazine groups is 1. The molecular weight excluding hydrogens is 444 g/mol. The summed E-state index contributed by atoms with van der Waals surface area (Å²) in [5, 5.41) is 11.3. The summed E-state index contributed by atoms with van der Waals surface area (Å²) in [5.74, 6) is -2.28. The highest BCUT2D eigenvalue weighted by Gasteiger charge is 2.50. The quantitative estimate of drug-likeness (QED) is 0.329. The van der Waals surface area contributed by atoms with Crippen LogP contribution in [0, 0.1) is 0 Å². The molecule has 1 fully saturated rings. The van der Waals surface area contributed by atoms with Gasteiger partial charge in [-0.2, -0.15) is 0 Å². The van der Waals surface area contributed by atoms with Gasteiger partial charge in [0.05, 0.1) is 30.8 Å². The first-order valence-electron chi connectivity index (χ1n) is 8.60. The Morgan fingerprint density at radius 3 is 2.55 bits per heavy atom. The van der Waals surface area contributed by atoms with Crippen LogP contribution in [0.4, 0.5) is 0 Å². The number of nitrogens with zero attached hydrogens (tertiary/aromatic N) is 2. The van der Waals surface area contributed by atoms with Crippen LogP contribution in [0.2, 0.25) is 0 Å². The third-order valence-electron chi connectivity index (χ3n) is 4.12. The fourth-order valence-corrected chi connectivity index (χ4v) is 5.35. The van der Waals surface area contributed by atoms with Crippen molar-refractivity contribution in [3.05, 3.63) is 41.6 Å². The van der Waals surface area contributed by atoms with Gasteiger partial charge in [-0.25, -0.2) is 4.99 Å². The SMILES string of the molecule is O=C1CC2=NC=C(C(=O)c3ccccc3O)C(P(=O)(OCCCl)OCCCl)N2N1. The van der Waals surface area contributed by atoms with Crippen LogP contribution in [-0.2, 0) is 18.4 Å². The lowest BCUT2D eigenvalue weighted by Gasteiger charge is -2.36. The number of aliphatic imine (C=N–C) groups is 1. The molecule has 0 spiro atoms. The number of amides is 1. The van der Waals surface area contributed by atoms with Crippen LogP contribution >= 0.6 is 30.8 Å². The van der Waals surface area contributed by atoms with Crippen molar-refractivity contribution >= 4 is 48.3 Å². The molecule has 1 amide bonds. The number of halogens is 2. The monoisotopic (exact) mass is 461 g/mol. The molecule has 12 heteroatoms. The molecule has 1 unspecified atom stereocenters. The standard InChI is InChI=1S/C17H18Cl2N3O6P/c18-5-7-27-29(26,28-8-6-19)17-12(10-20-14-9-15(24)21-22(14)17)16(25)11-3-1-2-4-13(11)23/h1-4,10,17,23H,5-9H2,(H,21,24). The number of nitrogens with one attached hydrogen (secondary N) is 1. The second-order valence-electron chi connectivity index (χ2n) is 6.02. The molecule has 1 aromatic carbocycles. The minimum Gasteiger partial charge on any atom is -0.507 e. The molecule has 29 heavy (non-hydrogen) atoms. The van der Waals surface area contributed by atoms with Crippen molar-refractivity contribution < 1.29 is 28.3 Å². The zero-order chi connectivity index (χ0) is 21.0. The molecule has 9 nitrogen and oxygen atoms in total. The van der Waals surface area contributed by atoms with Crippen LogP contribution in [-0.4, -0.2) is 58.4 Å². The van der Waals surface area contributed by atoms with Gasteiger partial charge in [-0.3, -0.25) is 24.6 Å². The number of para-hydroxylation sites is 1. The number of amidine groups is 1. The van der Waals surface area contributed by atoms with Crippen LogP contribution in [0.5, 0.6) is 5.75 Å². The lowest BCUT2D eigenvalue weighted by Crippen LogP contribution is -2.48. The number of hydrogen-bond acceptors (Lipinski definition) is 8. The van der Waals surface area contributed by atoms with Gasteiger partial charge in [0.25, 0.3) is 0 Å². The number of alkyl halides is 2. The summed E-state index contributed by atoms with van der Waals surface area (Å²) in [6.45, 7) is -0.242. The molecule has 2 aliphatic rings. The van der Waals surface area contributed by atoms with E-state index in [0.29, 0.717) is 0 Å². The summed E-state index contributed by atoms with van der Waals surface area (Å²) in [7, 11) is -4.08. The number of rotatable bonds is 9. The second-order valence-corrected chi connectivity index (χ2v) is 8.86. The zero-order valence-corrected chi connectivity index (χ0v) is 17.5. The van der Waals surface area contributed by atoms with Gasteiger partial charge in [0.15, 0.2) is 11.6 Å². The summed E-state index contributed by atoms with van der Waals surface area (Å²) in [4.78, 5) is 29.2. The highest BCUT2D eigenvalue weighted by Crippen LogP contribution is 2.58. The maximum atomic E-state index is 13.7. The number of Topliss-reactive ketones (excluding diaryl/α,β-unsaturated/α-hetero) is 1. The van der Waals surface area contributed by atoms with E-state index in [1.54, 1.807) is 12.1 Å². The highest BCUT2D eigenvalue weighted by molar-refractivity contribution is 7.55. The summed E-state index contributed by atoms with van der Waals surface area (Å²) < 4.78 is 24.6. The molecule has 3 rings (SSSR count). The van der Waals surface area contributed by atoms with E-state index in [1.165, 1.54) is 23.3 Å². The van der Waals surface area contributed by atoms with Crippen molar-refractivity contribution in [2.75, 3.05) is 25.0 Å². The number of ketones is 1. The van der Waals surface area contributed by atoms with Crippen LogP contribution < -0.4 is 5.43 Å². The largest absolute Gasteiger partial charge is 0.507 e. The van der Waals surface area contributed by atoms with Crippen molar-refractivity contribution in [1.29, 1.82) is 0 Å². The fraction of sp³-hybridized carbons (Fsp3) is 0.353. The van der Waals surface area contributed by atoms with Crippen molar-refractivity contribution in [2.45, 2.75) is 12.2 Å². The third kappa shape index (κ3) is 4.49. The molecule has 0 saturated carbocycles. The first kappa shape index (κ1) is 21.8. The van der Waals surface area contributed by atoms with Gasteiger partial charge in [0.1, 0.15) is 11.6 Å². The van der Waals surface area contributed by atoms with Gasteiger partial charge in [0, 0.05) is 18.0 Å². The van der Waals surface area contributed by atoms with Crippen LogP contribution in [0.3, 0.4) is 0 Å². The fourth-order valence-electron chi connectivity index (χ4n) is 2.94. The van der Waals surface area contributed by atoms with E-state index in [1.807, 2.05) is 0 Å². The third-order valence-corrected chi connectivity index (χ3v) is 6.63. The van der Waals surface area contributed by atoms with Crippen LogP contribution in [0.15, 0.2) is 41.0 Å². The molecule has 0 aliphatic carbocycles. The van der Waals surface area contributed by atoms with Gasteiger partial charge >= 0.3 is 7.60 Å². The van der Waals surface area contributed by atoms with Crippen molar-refractivity contribution in [3.8, 4) is 5.75 Å². The number of carbonyl (C=O) groups excluding carboxylic acids is 2. The molecule has 2 aliphatic heterocycles. The maximum absolute atomic E-state index is 13.7. The molecule has 2 heterocycles. The zero-order valence-electron chi connectivity index (χ0n) is 15.1. The topological polar surface area (TPSA) is 118 Å². The Balaban J connectivity index is 2.07. The minimum absolute atomic E-state index is 0.0193. The molecule has 2 N–H and O–H groups in total. The van der Waals surface area contributed by atoms with Gasteiger partial charge in [-0.1, -0.05) is 12.1 Å². The Morgan fingerprint density at radius 1 is 1.28 bits per heavy atom. The normalized spacial score (nSPS) is 18.8. The Kier molecular flexibility index (Phi) is 6.97. The summed E-state index contributed by atoms with van der Waals surface area (Å²) in [5.41, 5.74) is 2.43. The van der Waals surface area contributed by atoms with E-state index >= 15 is 0 Å². The predicted octanol–water partition coefficient (Wildman–Crippen LogP) is 2.64. The number of fused-ring (bicyclic) bond motifs is 1. The molecule has 1 atom stereocenters. The van der Waals surface area contributed by atoms with Crippen molar-refractivity contribution in [2.24, 2.45) is 4.99 Å². The lowest BCUT2D eigenvalue weighted by molar-refractivity contribution is -0.121. The first-order valence-corrected chi connectivity index (χ1v) is 11.3. The number of phenolic OH excluding ortho intramolecular Hbond substituents is 1. The molecule has 0 radical (unpaired) electrons. The Morgan fingerprint density at radius 2 is 1.93 bits per heavy atom. The summed E-state index contributed by atoms with van der Waals surface area (Å²) in [6, 6.07) is 5.91. The number of phenols is 1. The highest BCUT2D eigenvalue weighted by atomic mass is 35.5. The number of carbonyl (C=O) groups is 2. The lowest BCUT2D eigenvalue weighted by atomic mass is 10.0. The Bertz CT molecular complexity index is 910. The van der Waals surface area contributed by atoms with Crippen molar-refractivity contribution in [1.82, 2.24) is 10.4 Å². The number of benzene rings is 1. The predicted molar refractivity (Wildman–Crippen MR) is 107 cm³/mol. The van der Waals surface area contributed by atoms with E-state index in [4.69, 9.17) is 32.2 Å². The van der Waals surface area contributed by atoms with Crippen LogP contribution in [0.25, 0.3) is 0 Å². The molecule has 156 valence electrons. The second kappa shape index (κ2) is 9.28. The molecule has 1 saturated heterocycles. The van der Waals surface area contributed by atoms with E-state index in [0.717, 1.165) is 0 Å². The van der Waals surface area contributed by atoms with Crippen LogP contribution in [0.1, 0.15) is 16.8 Å². The Hall–Kier alpha value is -1.90. The Labute approximate surface area is 176 Å². The number of hydrogen-bond donors (Lipinski definition) is 2. The van der Waals surface area contributed by atoms with E-state index in [2.05, 4.69) is 10.4 Å². The average molecular weight is 462 g/mol. The summed E-state index contributed by atoms with van der Waals surface area (Å²) in [6.07, 6.45) is 1.16. The number of aromatic hydroxyl groups is 1. The minimum atomic E-state index is -4.08. The van der Waals surface area contributed by atoms with E-state index in [-0.39, 0.29) is 60.0 Å². The smallest absolute Gasteiger partial charge is 0.359 e. The van der Waals surface area contributed by atoms with Crippen molar-refractivity contribution in [3.63, 3.8) is 0 Å².